The molecule has 0 amide bonds. The molecule has 1 aliphatic rings. The van der Waals surface area contributed by atoms with Gasteiger partial charge in [0, 0.05) is 10.7 Å². The zero-order valence-electron chi connectivity index (χ0n) is 9.74. The number of hydrogen-bond donors (Lipinski definition) is 0. The quantitative estimate of drug-likeness (QED) is 0.619. The summed E-state index contributed by atoms with van der Waals surface area (Å²) in [4.78, 5) is 11.4. The van der Waals surface area contributed by atoms with Gasteiger partial charge in [0.15, 0.2) is 0 Å². The Bertz CT molecular complexity index is 413. The zero-order chi connectivity index (χ0) is 12.3. The molecule has 0 radical (unpaired) electrons. The zero-order valence-corrected chi connectivity index (χ0v) is 11.3. The maximum absolute atomic E-state index is 11.4. The Labute approximate surface area is 109 Å². The molecule has 1 aromatic carbocycles. The van der Waals surface area contributed by atoms with Crippen LogP contribution in [0.5, 0.6) is 5.75 Å². The summed E-state index contributed by atoms with van der Waals surface area (Å²) in [6, 6.07) is 7.10. The maximum atomic E-state index is 11.4. The van der Waals surface area contributed by atoms with E-state index in [1.807, 2.05) is 6.07 Å². The first-order valence-electron chi connectivity index (χ1n) is 5.56. The van der Waals surface area contributed by atoms with E-state index in [9.17, 15) is 4.79 Å². The summed E-state index contributed by atoms with van der Waals surface area (Å²) in [6.45, 7) is 0.697. The molecule has 1 fully saturated rings. The molecule has 0 bridgehead atoms. The van der Waals surface area contributed by atoms with Crippen molar-refractivity contribution in [3.8, 4) is 5.75 Å². The standard InChI is InChI=1S/C13H15BrO3/c1-16-12(15)10-3-2-4-11(7-10)17-9-13(8-14)5-6-13/h2-4,7H,5-6,8-9H2,1H3. The molecule has 0 N–H and O–H groups in total. The van der Waals surface area contributed by atoms with Crippen LogP contribution in [0.25, 0.3) is 0 Å². The number of hydrogen-bond acceptors (Lipinski definition) is 3. The summed E-state index contributed by atoms with van der Waals surface area (Å²) in [6.07, 6.45) is 2.41. The van der Waals surface area contributed by atoms with Gasteiger partial charge in [0.1, 0.15) is 5.75 Å². The van der Waals surface area contributed by atoms with Crippen LogP contribution in [0.4, 0.5) is 0 Å². The van der Waals surface area contributed by atoms with Crippen LogP contribution >= 0.6 is 15.9 Å². The van der Waals surface area contributed by atoms with Crippen molar-refractivity contribution in [2.24, 2.45) is 5.41 Å². The molecule has 92 valence electrons. The lowest BCUT2D eigenvalue weighted by molar-refractivity contribution is 0.0600. The third kappa shape index (κ3) is 3.00. The normalized spacial score (nSPS) is 16.4. The highest BCUT2D eigenvalue weighted by Crippen LogP contribution is 2.47. The summed E-state index contributed by atoms with van der Waals surface area (Å²) in [5.74, 6) is 0.386. The molecule has 0 saturated heterocycles. The van der Waals surface area contributed by atoms with Crippen LogP contribution in [0, 0.1) is 5.41 Å². The molecule has 1 aromatic rings. The summed E-state index contributed by atoms with van der Waals surface area (Å²) < 4.78 is 10.4. The van der Waals surface area contributed by atoms with E-state index in [0.717, 1.165) is 11.1 Å². The molecule has 3 nitrogen and oxygen atoms in total. The van der Waals surface area contributed by atoms with Crippen LogP contribution < -0.4 is 4.74 Å². The maximum Gasteiger partial charge on any atom is 0.337 e. The minimum absolute atomic E-state index is 0.307. The second-order valence-corrected chi connectivity index (χ2v) is 5.00. The van der Waals surface area contributed by atoms with Crippen LogP contribution in [-0.2, 0) is 4.74 Å². The lowest BCUT2D eigenvalue weighted by atomic mass is 10.1. The number of halogens is 1. The first-order chi connectivity index (χ1) is 8.19. The topological polar surface area (TPSA) is 35.5 Å². The predicted molar refractivity (Wildman–Crippen MR) is 68.7 cm³/mol. The van der Waals surface area contributed by atoms with Gasteiger partial charge in [-0.2, -0.15) is 0 Å². The monoisotopic (exact) mass is 298 g/mol. The van der Waals surface area contributed by atoms with Gasteiger partial charge < -0.3 is 9.47 Å². The van der Waals surface area contributed by atoms with E-state index in [1.165, 1.54) is 20.0 Å². The molecule has 2 rings (SSSR count). The Kier molecular flexibility index (Phi) is 3.72. The molecule has 0 aliphatic heterocycles. The van der Waals surface area contributed by atoms with Crippen molar-refractivity contribution in [3.05, 3.63) is 29.8 Å². The Morgan fingerprint density at radius 1 is 1.47 bits per heavy atom. The van der Waals surface area contributed by atoms with Crippen molar-refractivity contribution in [1.82, 2.24) is 0 Å². The van der Waals surface area contributed by atoms with Gasteiger partial charge in [-0.1, -0.05) is 22.0 Å². The highest BCUT2D eigenvalue weighted by Gasteiger charge is 2.42. The van der Waals surface area contributed by atoms with Crippen LogP contribution in [0.1, 0.15) is 23.2 Å². The van der Waals surface area contributed by atoms with Gasteiger partial charge in [0.2, 0.25) is 0 Å². The number of esters is 1. The van der Waals surface area contributed by atoms with Crippen LogP contribution in [0.2, 0.25) is 0 Å². The van der Waals surface area contributed by atoms with Crippen molar-refractivity contribution >= 4 is 21.9 Å². The van der Waals surface area contributed by atoms with Gasteiger partial charge in [-0.3, -0.25) is 0 Å². The fourth-order valence-electron chi connectivity index (χ4n) is 1.56. The molecule has 1 aliphatic carbocycles. The van der Waals surface area contributed by atoms with Gasteiger partial charge in [0.25, 0.3) is 0 Å². The molecule has 4 heteroatoms. The van der Waals surface area contributed by atoms with E-state index in [4.69, 9.17) is 4.74 Å². The van der Waals surface area contributed by atoms with E-state index < -0.39 is 0 Å². The van der Waals surface area contributed by atoms with Crippen molar-refractivity contribution in [2.45, 2.75) is 12.8 Å². The third-order valence-electron chi connectivity index (χ3n) is 3.04. The van der Waals surface area contributed by atoms with Gasteiger partial charge in [-0.25, -0.2) is 4.79 Å². The third-order valence-corrected chi connectivity index (χ3v) is 4.23. The molecule has 0 heterocycles. The van der Waals surface area contributed by atoms with Gasteiger partial charge in [-0.15, -0.1) is 0 Å². The second kappa shape index (κ2) is 5.08. The average molecular weight is 299 g/mol. The first-order valence-corrected chi connectivity index (χ1v) is 6.68. The molecule has 0 atom stereocenters. The molecule has 0 aromatic heterocycles. The number of carbonyl (C=O) groups is 1. The summed E-state index contributed by atoms with van der Waals surface area (Å²) in [7, 11) is 1.37. The van der Waals surface area contributed by atoms with Gasteiger partial charge >= 0.3 is 5.97 Å². The van der Waals surface area contributed by atoms with Crippen LogP contribution in [-0.4, -0.2) is 25.0 Å². The largest absolute Gasteiger partial charge is 0.493 e. The lowest BCUT2D eigenvalue weighted by Gasteiger charge is -2.13. The molecule has 0 spiro atoms. The predicted octanol–water partition coefficient (Wildman–Crippen LogP) is 3.03. The molecule has 1 saturated carbocycles. The Balaban J connectivity index is 1.99. The Hall–Kier alpha value is -1.03. The number of carbonyl (C=O) groups excluding carboxylic acids is 1. The molecule has 17 heavy (non-hydrogen) atoms. The summed E-state index contributed by atoms with van der Waals surface area (Å²) >= 11 is 3.50. The van der Waals surface area contributed by atoms with E-state index in [0.29, 0.717) is 17.6 Å². The molecule has 0 unspecified atom stereocenters. The van der Waals surface area contributed by atoms with Crippen LogP contribution in [0.15, 0.2) is 24.3 Å². The minimum atomic E-state index is -0.336. The smallest absolute Gasteiger partial charge is 0.337 e. The number of ether oxygens (including phenoxy) is 2. The van der Waals surface area contributed by atoms with E-state index in [2.05, 4.69) is 20.7 Å². The number of rotatable bonds is 5. The van der Waals surface area contributed by atoms with Crippen molar-refractivity contribution < 1.29 is 14.3 Å². The number of benzene rings is 1. The van der Waals surface area contributed by atoms with Gasteiger partial charge in [-0.05, 0) is 31.0 Å². The lowest BCUT2D eigenvalue weighted by Crippen LogP contribution is -2.14. The van der Waals surface area contributed by atoms with Crippen molar-refractivity contribution in [3.63, 3.8) is 0 Å². The van der Waals surface area contributed by atoms with E-state index in [-0.39, 0.29) is 5.97 Å². The summed E-state index contributed by atoms with van der Waals surface area (Å²) in [5.41, 5.74) is 0.829. The Morgan fingerprint density at radius 3 is 2.82 bits per heavy atom. The van der Waals surface area contributed by atoms with E-state index in [1.54, 1.807) is 18.2 Å². The first kappa shape index (κ1) is 12.4. The minimum Gasteiger partial charge on any atom is -0.493 e. The SMILES string of the molecule is COC(=O)c1cccc(OCC2(CBr)CC2)c1. The Morgan fingerprint density at radius 2 is 2.24 bits per heavy atom. The van der Waals surface area contributed by atoms with Gasteiger partial charge in [0.05, 0.1) is 19.3 Å². The van der Waals surface area contributed by atoms with Crippen molar-refractivity contribution in [2.75, 3.05) is 19.0 Å². The van der Waals surface area contributed by atoms with Crippen molar-refractivity contribution in [1.29, 1.82) is 0 Å². The fraction of sp³-hybridized carbons (Fsp3) is 0.462. The van der Waals surface area contributed by atoms with Crippen LogP contribution in [0.3, 0.4) is 0 Å². The highest BCUT2D eigenvalue weighted by atomic mass is 79.9. The fourth-order valence-corrected chi connectivity index (χ4v) is 2.28. The molecular weight excluding hydrogens is 284 g/mol. The number of alkyl halides is 1. The van der Waals surface area contributed by atoms with E-state index >= 15 is 0 Å². The second-order valence-electron chi connectivity index (χ2n) is 4.44. The highest BCUT2D eigenvalue weighted by molar-refractivity contribution is 9.09. The summed E-state index contributed by atoms with van der Waals surface area (Å²) in [5, 5.41) is 0.969. The molecular formula is C13H15BrO3. The average Bonchev–Trinajstić information content (AvgIpc) is 3.16. The number of methoxy groups -OCH3 is 1.